The summed E-state index contributed by atoms with van der Waals surface area (Å²) in [5.74, 6) is 0.447. The average Bonchev–Trinajstić information content (AvgIpc) is 2.86. The maximum atomic E-state index is 13.8. The third-order valence-electron chi connectivity index (χ3n) is 4.88. The van der Waals surface area contributed by atoms with Crippen LogP contribution in [0, 0.1) is 19.7 Å². The number of benzene rings is 1. The Balaban J connectivity index is 1.87. The molecule has 7 heteroatoms. The molecule has 0 bridgehead atoms. The highest BCUT2D eigenvalue weighted by Crippen LogP contribution is 2.35. The molecule has 0 aliphatic carbocycles. The van der Waals surface area contributed by atoms with Crippen molar-refractivity contribution in [2.45, 2.75) is 19.9 Å². The van der Waals surface area contributed by atoms with Crippen LogP contribution in [0.2, 0.25) is 0 Å². The van der Waals surface area contributed by atoms with Crippen LogP contribution in [-0.4, -0.2) is 39.5 Å². The molecule has 3 aromatic rings. The van der Waals surface area contributed by atoms with E-state index in [0.29, 0.717) is 25.1 Å². The second-order valence-electron chi connectivity index (χ2n) is 6.35. The van der Waals surface area contributed by atoms with Crippen LogP contribution in [0.1, 0.15) is 23.0 Å². The summed E-state index contributed by atoms with van der Waals surface area (Å²) in [6.07, 6.45) is 1.53. The third kappa shape index (κ3) is 2.64. The van der Waals surface area contributed by atoms with E-state index in [2.05, 4.69) is 26.9 Å². The van der Waals surface area contributed by atoms with Crippen molar-refractivity contribution in [3.8, 4) is 0 Å². The van der Waals surface area contributed by atoms with Gasteiger partial charge in [0.1, 0.15) is 18.0 Å². The number of hydrogen-bond donors (Lipinski definition) is 0. The molecule has 1 saturated heterocycles. The molecule has 1 aliphatic rings. The first kappa shape index (κ1) is 16.0. The fourth-order valence-corrected chi connectivity index (χ4v) is 3.61. The number of fused-ring (bicyclic) bond motifs is 1. The molecule has 0 N–H and O–H groups in total. The lowest BCUT2D eigenvalue weighted by molar-refractivity contribution is 0.0935. The smallest absolute Gasteiger partial charge is 0.140 e. The van der Waals surface area contributed by atoms with Gasteiger partial charge in [-0.3, -0.25) is 4.68 Å². The van der Waals surface area contributed by atoms with Crippen molar-refractivity contribution in [2.24, 2.45) is 7.05 Å². The highest BCUT2D eigenvalue weighted by molar-refractivity contribution is 5.89. The zero-order valence-electron chi connectivity index (χ0n) is 14.5. The minimum atomic E-state index is -0.290. The van der Waals surface area contributed by atoms with Gasteiger partial charge in [-0.15, -0.1) is 0 Å². The Hall–Kier alpha value is -2.54. The summed E-state index contributed by atoms with van der Waals surface area (Å²) >= 11 is 0. The van der Waals surface area contributed by atoms with E-state index >= 15 is 0 Å². The number of ether oxygens (including phenoxy) is 1. The van der Waals surface area contributed by atoms with E-state index in [1.54, 1.807) is 6.07 Å². The van der Waals surface area contributed by atoms with E-state index in [9.17, 15) is 4.39 Å². The second kappa shape index (κ2) is 6.07. The van der Waals surface area contributed by atoms with Crippen molar-refractivity contribution in [1.82, 2.24) is 19.7 Å². The van der Waals surface area contributed by atoms with Gasteiger partial charge < -0.3 is 9.64 Å². The lowest BCUT2D eigenvalue weighted by Gasteiger charge is -2.37. The molecule has 2 aromatic heterocycles. The van der Waals surface area contributed by atoms with Crippen molar-refractivity contribution in [3.05, 3.63) is 47.3 Å². The van der Waals surface area contributed by atoms with E-state index in [0.717, 1.165) is 28.3 Å². The molecule has 1 atom stereocenters. The normalized spacial score (nSPS) is 18.1. The molecule has 4 rings (SSSR count). The fourth-order valence-electron chi connectivity index (χ4n) is 3.61. The van der Waals surface area contributed by atoms with Gasteiger partial charge >= 0.3 is 0 Å². The first-order valence-corrected chi connectivity index (χ1v) is 8.31. The molecule has 0 saturated carbocycles. The minimum Gasteiger partial charge on any atom is -0.377 e. The van der Waals surface area contributed by atoms with Crippen LogP contribution in [-0.2, 0) is 11.8 Å². The lowest BCUT2D eigenvalue weighted by atomic mass is 10.0. The number of hydrogen-bond acceptors (Lipinski definition) is 5. The Morgan fingerprint density at radius 3 is 2.84 bits per heavy atom. The topological polar surface area (TPSA) is 56.1 Å². The van der Waals surface area contributed by atoms with Crippen LogP contribution >= 0.6 is 0 Å². The Labute approximate surface area is 145 Å². The summed E-state index contributed by atoms with van der Waals surface area (Å²) in [6.45, 7) is 5.90. The van der Waals surface area contributed by atoms with Crippen molar-refractivity contribution < 1.29 is 9.13 Å². The van der Waals surface area contributed by atoms with Crippen LogP contribution in [0.15, 0.2) is 24.5 Å². The van der Waals surface area contributed by atoms with Crippen LogP contribution in [0.25, 0.3) is 10.9 Å². The Morgan fingerprint density at radius 1 is 1.24 bits per heavy atom. The molecule has 3 heterocycles. The van der Waals surface area contributed by atoms with Crippen molar-refractivity contribution in [1.29, 1.82) is 0 Å². The van der Waals surface area contributed by atoms with Gasteiger partial charge in [-0.1, -0.05) is 0 Å². The van der Waals surface area contributed by atoms with E-state index in [1.165, 1.54) is 18.5 Å². The van der Waals surface area contributed by atoms with Crippen LogP contribution in [0.3, 0.4) is 0 Å². The number of aromatic nitrogens is 4. The Bertz CT molecular complexity index is 939. The van der Waals surface area contributed by atoms with Gasteiger partial charge in [0.15, 0.2) is 0 Å². The molecule has 0 unspecified atom stereocenters. The minimum absolute atomic E-state index is 0.0104. The third-order valence-corrected chi connectivity index (χ3v) is 4.88. The van der Waals surface area contributed by atoms with Gasteiger partial charge in [0.05, 0.1) is 30.5 Å². The molecule has 6 nitrogen and oxygen atoms in total. The molecule has 130 valence electrons. The summed E-state index contributed by atoms with van der Waals surface area (Å²) in [6, 6.07) is 4.60. The van der Waals surface area contributed by atoms with E-state index in [4.69, 9.17) is 4.74 Å². The predicted molar refractivity (Wildman–Crippen MR) is 93.1 cm³/mol. The van der Waals surface area contributed by atoms with Crippen LogP contribution in [0.5, 0.6) is 0 Å². The van der Waals surface area contributed by atoms with E-state index in [1.807, 2.05) is 18.7 Å². The monoisotopic (exact) mass is 341 g/mol. The number of nitrogens with zero attached hydrogens (tertiary/aromatic N) is 5. The van der Waals surface area contributed by atoms with Crippen molar-refractivity contribution in [2.75, 3.05) is 24.7 Å². The second-order valence-corrected chi connectivity index (χ2v) is 6.35. The van der Waals surface area contributed by atoms with Crippen molar-refractivity contribution in [3.63, 3.8) is 0 Å². The molecule has 25 heavy (non-hydrogen) atoms. The zero-order valence-corrected chi connectivity index (χ0v) is 14.5. The largest absolute Gasteiger partial charge is 0.377 e. The molecular weight excluding hydrogens is 321 g/mol. The van der Waals surface area contributed by atoms with Gasteiger partial charge in [-0.2, -0.15) is 5.10 Å². The number of morpholine rings is 1. The fraction of sp³-hybridized carbons (Fsp3) is 0.389. The summed E-state index contributed by atoms with van der Waals surface area (Å²) in [5.41, 5.74) is 3.95. The SMILES string of the molecule is Cc1nn(C)c(C)c1[C@@H]1COCCN1c1ncnc2ccc(F)cc12. The average molecular weight is 341 g/mol. The predicted octanol–water partition coefficient (Wildman–Crippen LogP) is 2.70. The quantitative estimate of drug-likeness (QED) is 0.717. The molecule has 1 aromatic carbocycles. The Morgan fingerprint density at radius 2 is 2.08 bits per heavy atom. The molecule has 0 amide bonds. The van der Waals surface area contributed by atoms with Gasteiger partial charge in [-0.25, -0.2) is 14.4 Å². The summed E-state index contributed by atoms with van der Waals surface area (Å²) in [7, 11) is 1.94. The molecule has 0 radical (unpaired) electrons. The lowest BCUT2D eigenvalue weighted by Crippen LogP contribution is -2.40. The summed E-state index contributed by atoms with van der Waals surface area (Å²) in [5, 5.41) is 5.25. The Kier molecular flexibility index (Phi) is 3.88. The maximum Gasteiger partial charge on any atom is 0.140 e. The zero-order chi connectivity index (χ0) is 17.6. The van der Waals surface area contributed by atoms with Crippen LogP contribution in [0.4, 0.5) is 10.2 Å². The maximum absolute atomic E-state index is 13.8. The van der Waals surface area contributed by atoms with E-state index in [-0.39, 0.29) is 11.9 Å². The van der Waals surface area contributed by atoms with E-state index < -0.39 is 0 Å². The van der Waals surface area contributed by atoms with Gasteiger partial charge in [-0.05, 0) is 32.0 Å². The van der Waals surface area contributed by atoms with Gasteiger partial charge in [0.25, 0.3) is 0 Å². The van der Waals surface area contributed by atoms with Gasteiger partial charge in [0, 0.05) is 30.2 Å². The highest BCUT2D eigenvalue weighted by atomic mass is 19.1. The molecular formula is C18H20FN5O. The summed E-state index contributed by atoms with van der Waals surface area (Å²) < 4.78 is 21.5. The number of halogens is 1. The number of anilines is 1. The number of aryl methyl sites for hydroxylation is 2. The molecule has 1 fully saturated rings. The standard InChI is InChI=1S/C18H20FN5O/c1-11-17(12(2)23(3)22-11)16-9-25-7-6-24(16)18-14-8-13(19)4-5-15(14)20-10-21-18/h4-5,8,10,16H,6-7,9H2,1-3H3/t16-/m0/s1. The van der Waals surface area contributed by atoms with Crippen molar-refractivity contribution >= 4 is 16.7 Å². The van der Waals surface area contributed by atoms with Gasteiger partial charge in [0.2, 0.25) is 0 Å². The summed E-state index contributed by atoms with van der Waals surface area (Å²) in [4.78, 5) is 10.9. The highest BCUT2D eigenvalue weighted by Gasteiger charge is 2.31. The molecule has 0 spiro atoms. The number of rotatable bonds is 2. The first-order chi connectivity index (χ1) is 12.1. The molecule has 1 aliphatic heterocycles. The van der Waals surface area contributed by atoms with Crippen LogP contribution < -0.4 is 4.90 Å². The first-order valence-electron chi connectivity index (χ1n) is 8.31.